The van der Waals surface area contributed by atoms with Gasteiger partial charge >= 0.3 is 0 Å². The Labute approximate surface area is 111 Å². The van der Waals surface area contributed by atoms with Gasteiger partial charge < -0.3 is 14.7 Å². The van der Waals surface area contributed by atoms with Crippen LogP contribution in [0.3, 0.4) is 0 Å². The first-order valence-corrected chi connectivity index (χ1v) is 6.22. The van der Waals surface area contributed by atoms with E-state index < -0.39 is 0 Å². The highest BCUT2D eigenvalue weighted by Crippen LogP contribution is 2.29. The summed E-state index contributed by atoms with van der Waals surface area (Å²) in [7, 11) is 0. The van der Waals surface area contributed by atoms with E-state index in [1.54, 1.807) is 12.1 Å². The Balaban J connectivity index is 2.23. The van der Waals surface area contributed by atoms with E-state index in [4.69, 9.17) is 21.6 Å². The molecule has 1 N–H and O–H groups in total. The van der Waals surface area contributed by atoms with Gasteiger partial charge in [0.1, 0.15) is 0 Å². The summed E-state index contributed by atoms with van der Waals surface area (Å²) in [5.74, 6) is 0. The molecule has 1 fully saturated rings. The topological polar surface area (TPSA) is 56.5 Å². The average Bonchev–Trinajstić information content (AvgIpc) is 2.37. The molecule has 0 spiro atoms. The standard InChI is InChI=1S/C13H15ClN2O2/c1-9-6-16(7-11(8-17)18-9)13-3-2-10(5-15)4-12(13)14/h2-4,9,11,17H,6-8H2,1H3. The van der Waals surface area contributed by atoms with E-state index in [1.807, 2.05) is 13.0 Å². The molecule has 0 aromatic heterocycles. The predicted octanol–water partition coefficient (Wildman–Crippen LogP) is 1.80. The summed E-state index contributed by atoms with van der Waals surface area (Å²) >= 11 is 6.18. The first-order valence-electron chi connectivity index (χ1n) is 5.85. The molecule has 0 aliphatic carbocycles. The number of anilines is 1. The van der Waals surface area contributed by atoms with Crippen LogP contribution in [0, 0.1) is 11.3 Å². The molecule has 1 aromatic rings. The minimum absolute atomic E-state index is 0.00522. The van der Waals surface area contributed by atoms with Crippen LogP contribution in [0.4, 0.5) is 5.69 Å². The van der Waals surface area contributed by atoms with Gasteiger partial charge in [-0.1, -0.05) is 11.6 Å². The highest BCUT2D eigenvalue weighted by Gasteiger charge is 2.25. The summed E-state index contributed by atoms with van der Waals surface area (Å²) < 4.78 is 5.58. The molecular weight excluding hydrogens is 252 g/mol. The summed E-state index contributed by atoms with van der Waals surface area (Å²) in [5, 5.41) is 18.6. The second-order valence-corrected chi connectivity index (χ2v) is 4.84. The quantitative estimate of drug-likeness (QED) is 0.887. The van der Waals surface area contributed by atoms with E-state index in [-0.39, 0.29) is 18.8 Å². The normalized spacial score (nSPS) is 23.8. The molecule has 1 heterocycles. The Morgan fingerprint density at radius 3 is 2.94 bits per heavy atom. The zero-order chi connectivity index (χ0) is 13.1. The molecule has 18 heavy (non-hydrogen) atoms. The number of morpholine rings is 1. The van der Waals surface area contributed by atoms with Crippen molar-refractivity contribution in [1.82, 2.24) is 0 Å². The number of nitrogens with zero attached hydrogens (tertiary/aromatic N) is 2. The van der Waals surface area contributed by atoms with Gasteiger partial charge in [0.15, 0.2) is 0 Å². The maximum absolute atomic E-state index is 9.20. The molecule has 1 aliphatic heterocycles. The second kappa shape index (κ2) is 5.57. The van der Waals surface area contributed by atoms with Crippen LogP contribution in [0.25, 0.3) is 0 Å². The van der Waals surface area contributed by atoms with Crippen LogP contribution in [0.15, 0.2) is 18.2 Å². The number of hydrogen-bond acceptors (Lipinski definition) is 4. The Morgan fingerprint density at radius 2 is 2.33 bits per heavy atom. The van der Waals surface area contributed by atoms with E-state index in [9.17, 15) is 5.11 Å². The molecule has 96 valence electrons. The second-order valence-electron chi connectivity index (χ2n) is 4.43. The van der Waals surface area contributed by atoms with Crippen LogP contribution < -0.4 is 4.90 Å². The maximum atomic E-state index is 9.20. The third kappa shape index (κ3) is 2.75. The monoisotopic (exact) mass is 266 g/mol. The number of ether oxygens (including phenoxy) is 1. The molecule has 1 aromatic carbocycles. The lowest BCUT2D eigenvalue weighted by molar-refractivity contribution is -0.0421. The van der Waals surface area contributed by atoms with Gasteiger partial charge in [-0.05, 0) is 25.1 Å². The van der Waals surface area contributed by atoms with Crippen molar-refractivity contribution in [3.63, 3.8) is 0 Å². The van der Waals surface area contributed by atoms with Gasteiger partial charge in [0.05, 0.1) is 41.2 Å². The molecule has 2 rings (SSSR count). The lowest BCUT2D eigenvalue weighted by Gasteiger charge is -2.37. The van der Waals surface area contributed by atoms with E-state index in [0.29, 0.717) is 17.1 Å². The van der Waals surface area contributed by atoms with Gasteiger partial charge in [0, 0.05) is 13.1 Å². The van der Waals surface area contributed by atoms with Gasteiger partial charge in [0.2, 0.25) is 0 Å². The van der Waals surface area contributed by atoms with Crippen molar-refractivity contribution < 1.29 is 9.84 Å². The number of aliphatic hydroxyl groups is 1. The molecular formula is C13H15ClN2O2. The summed E-state index contributed by atoms with van der Waals surface area (Å²) in [6.07, 6.45) is -0.150. The Morgan fingerprint density at radius 1 is 1.56 bits per heavy atom. The van der Waals surface area contributed by atoms with E-state index in [0.717, 1.165) is 12.2 Å². The molecule has 2 atom stereocenters. The molecule has 0 radical (unpaired) electrons. The van der Waals surface area contributed by atoms with Gasteiger partial charge in [0.25, 0.3) is 0 Å². The van der Waals surface area contributed by atoms with Crippen LogP contribution in [0.1, 0.15) is 12.5 Å². The van der Waals surface area contributed by atoms with E-state index >= 15 is 0 Å². The van der Waals surface area contributed by atoms with Crippen LogP contribution in [0.5, 0.6) is 0 Å². The molecule has 0 amide bonds. The molecule has 1 saturated heterocycles. The Kier molecular flexibility index (Phi) is 4.07. The lowest BCUT2D eigenvalue weighted by Crippen LogP contribution is -2.48. The number of halogens is 1. The number of aliphatic hydroxyl groups excluding tert-OH is 1. The maximum Gasteiger partial charge on any atom is 0.0992 e. The number of hydrogen-bond donors (Lipinski definition) is 1. The highest BCUT2D eigenvalue weighted by molar-refractivity contribution is 6.33. The van der Waals surface area contributed by atoms with Crippen LogP contribution >= 0.6 is 11.6 Å². The fourth-order valence-corrected chi connectivity index (χ4v) is 2.48. The van der Waals surface area contributed by atoms with Crippen molar-refractivity contribution in [3.8, 4) is 6.07 Å². The Hall–Kier alpha value is -1.28. The molecule has 1 aliphatic rings. The first kappa shape index (κ1) is 13.2. The minimum atomic E-state index is -0.194. The number of rotatable bonds is 2. The average molecular weight is 267 g/mol. The van der Waals surface area contributed by atoms with Crippen molar-refractivity contribution in [2.24, 2.45) is 0 Å². The van der Waals surface area contributed by atoms with Crippen molar-refractivity contribution in [3.05, 3.63) is 28.8 Å². The highest BCUT2D eigenvalue weighted by atomic mass is 35.5. The third-order valence-electron chi connectivity index (χ3n) is 2.95. The fourth-order valence-electron chi connectivity index (χ4n) is 2.18. The molecule has 5 heteroatoms. The van der Waals surface area contributed by atoms with Gasteiger partial charge in [-0.15, -0.1) is 0 Å². The van der Waals surface area contributed by atoms with Crippen LogP contribution in [0.2, 0.25) is 5.02 Å². The van der Waals surface area contributed by atoms with Gasteiger partial charge in [-0.25, -0.2) is 0 Å². The Bertz CT molecular complexity index is 473. The zero-order valence-electron chi connectivity index (χ0n) is 10.1. The summed E-state index contributed by atoms with van der Waals surface area (Å²) in [6.45, 7) is 3.29. The largest absolute Gasteiger partial charge is 0.394 e. The van der Waals surface area contributed by atoms with E-state index in [1.165, 1.54) is 0 Å². The first-order chi connectivity index (χ1) is 8.63. The fraction of sp³-hybridized carbons (Fsp3) is 0.462. The number of nitriles is 1. The van der Waals surface area contributed by atoms with Crippen molar-refractivity contribution in [2.75, 3.05) is 24.6 Å². The van der Waals surface area contributed by atoms with Crippen molar-refractivity contribution in [1.29, 1.82) is 5.26 Å². The predicted molar refractivity (Wildman–Crippen MR) is 69.8 cm³/mol. The minimum Gasteiger partial charge on any atom is -0.394 e. The summed E-state index contributed by atoms with van der Waals surface area (Å²) in [6, 6.07) is 7.30. The molecule has 0 saturated carbocycles. The number of benzene rings is 1. The van der Waals surface area contributed by atoms with Gasteiger partial charge in [-0.2, -0.15) is 5.26 Å². The molecule has 2 unspecified atom stereocenters. The summed E-state index contributed by atoms with van der Waals surface area (Å²) in [5.41, 5.74) is 1.42. The van der Waals surface area contributed by atoms with Crippen LogP contribution in [-0.4, -0.2) is 37.0 Å². The molecule has 4 nitrogen and oxygen atoms in total. The zero-order valence-corrected chi connectivity index (χ0v) is 10.9. The van der Waals surface area contributed by atoms with Crippen LogP contribution in [-0.2, 0) is 4.74 Å². The lowest BCUT2D eigenvalue weighted by atomic mass is 10.1. The van der Waals surface area contributed by atoms with E-state index in [2.05, 4.69) is 11.0 Å². The van der Waals surface area contributed by atoms with Gasteiger partial charge in [-0.3, -0.25) is 0 Å². The van der Waals surface area contributed by atoms with Crippen molar-refractivity contribution >= 4 is 17.3 Å². The molecule has 0 bridgehead atoms. The third-order valence-corrected chi connectivity index (χ3v) is 3.25. The van der Waals surface area contributed by atoms with Crippen molar-refractivity contribution in [2.45, 2.75) is 19.1 Å². The summed E-state index contributed by atoms with van der Waals surface area (Å²) in [4.78, 5) is 2.08. The SMILES string of the molecule is CC1CN(c2ccc(C#N)cc2Cl)CC(CO)O1. The smallest absolute Gasteiger partial charge is 0.0992 e.